The van der Waals surface area contributed by atoms with Crippen molar-refractivity contribution in [1.29, 1.82) is 0 Å². The minimum absolute atomic E-state index is 0.481. The molecular weight excluding hydrogens is 236 g/mol. The first-order valence-corrected chi connectivity index (χ1v) is 6.11. The molecular formula is C15H14N4. The molecule has 4 nitrogen and oxygen atoms in total. The molecule has 2 N–H and O–H groups in total. The molecule has 0 atom stereocenters. The van der Waals surface area contributed by atoms with E-state index in [0.29, 0.717) is 5.82 Å². The number of fused-ring (bicyclic) bond motifs is 1. The van der Waals surface area contributed by atoms with Gasteiger partial charge in [0.25, 0.3) is 0 Å². The summed E-state index contributed by atoms with van der Waals surface area (Å²) in [5.74, 6) is 0.481. The fourth-order valence-corrected chi connectivity index (χ4v) is 2.10. The second kappa shape index (κ2) is 4.31. The summed E-state index contributed by atoms with van der Waals surface area (Å²) < 4.78 is 0. The molecule has 3 aromatic rings. The second-order valence-electron chi connectivity index (χ2n) is 4.60. The number of pyridine rings is 1. The van der Waals surface area contributed by atoms with E-state index < -0.39 is 0 Å². The summed E-state index contributed by atoms with van der Waals surface area (Å²) in [7, 11) is 0. The molecule has 2 aromatic heterocycles. The quantitative estimate of drug-likeness (QED) is 0.721. The van der Waals surface area contributed by atoms with Crippen molar-refractivity contribution >= 4 is 16.7 Å². The molecule has 0 aliphatic carbocycles. The number of rotatable bonds is 1. The molecule has 94 valence electrons. The zero-order valence-electron chi connectivity index (χ0n) is 10.9. The number of hydrogen-bond acceptors (Lipinski definition) is 4. The first-order valence-electron chi connectivity index (χ1n) is 6.11. The number of anilines is 1. The van der Waals surface area contributed by atoms with Gasteiger partial charge in [-0.05, 0) is 37.1 Å². The van der Waals surface area contributed by atoms with Crippen molar-refractivity contribution in [2.24, 2.45) is 0 Å². The molecule has 2 heterocycles. The lowest BCUT2D eigenvalue weighted by atomic mass is 10.0. The molecule has 0 unspecified atom stereocenters. The van der Waals surface area contributed by atoms with Gasteiger partial charge in [-0.1, -0.05) is 18.2 Å². The monoisotopic (exact) mass is 250 g/mol. The maximum atomic E-state index is 5.77. The highest BCUT2D eigenvalue weighted by Crippen LogP contribution is 2.26. The zero-order chi connectivity index (χ0) is 13.4. The van der Waals surface area contributed by atoms with Crippen molar-refractivity contribution in [3.63, 3.8) is 0 Å². The molecule has 19 heavy (non-hydrogen) atoms. The van der Waals surface area contributed by atoms with Crippen molar-refractivity contribution < 1.29 is 0 Å². The van der Waals surface area contributed by atoms with Gasteiger partial charge in [-0.3, -0.25) is 4.98 Å². The number of nitrogens with zero attached hydrogens (tertiary/aromatic N) is 3. The van der Waals surface area contributed by atoms with E-state index in [1.165, 1.54) is 0 Å². The molecule has 0 aliphatic rings. The largest absolute Gasteiger partial charge is 0.382 e. The lowest BCUT2D eigenvalue weighted by Gasteiger charge is -2.09. The lowest BCUT2D eigenvalue weighted by Crippen LogP contribution is -2.02. The van der Waals surface area contributed by atoms with Crippen LogP contribution in [0.5, 0.6) is 0 Å². The molecule has 0 radical (unpaired) electrons. The summed E-state index contributed by atoms with van der Waals surface area (Å²) in [6.45, 7) is 3.96. The van der Waals surface area contributed by atoms with Crippen molar-refractivity contribution in [3.05, 3.63) is 47.7 Å². The fourth-order valence-electron chi connectivity index (χ4n) is 2.10. The Labute approximate surface area is 111 Å². The van der Waals surface area contributed by atoms with Crippen molar-refractivity contribution in [1.82, 2.24) is 15.2 Å². The molecule has 0 spiro atoms. The number of nitrogens with two attached hydrogens (primary N) is 1. The van der Waals surface area contributed by atoms with E-state index in [4.69, 9.17) is 5.73 Å². The van der Waals surface area contributed by atoms with Gasteiger partial charge in [-0.25, -0.2) is 0 Å². The predicted molar refractivity (Wildman–Crippen MR) is 76.7 cm³/mol. The van der Waals surface area contributed by atoms with Crippen LogP contribution < -0.4 is 5.73 Å². The van der Waals surface area contributed by atoms with E-state index in [0.717, 1.165) is 33.3 Å². The fraction of sp³-hybridized carbons (Fsp3) is 0.133. The molecule has 3 rings (SSSR count). The first kappa shape index (κ1) is 11.6. The maximum absolute atomic E-state index is 5.77. The number of benzene rings is 1. The Hall–Kier alpha value is -2.49. The van der Waals surface area contributed by atoms with Gasteiger partial charge in [0.1, 0.15) is 5.82 Å². The van der Waals surface area contributed by atoms with Crippen LogP contribution in [0.1, 0.15) is 11.1 Å². The Morgan fingerprint density at radius 2 is 1.79 bits per heavy atom. The summed E-state index contributed by atoms with van der Waals surface area (Å²) in [4.78, 5) is 4.45. The highest BCUT2D eigenvalue weighted by atomic mass is 15.1. The van der Waals surface area contributed by atoms with E-state index in [9.17, 15) is 0 Å². The number of aromatic nitrogens is 3. The van der Waals surface area contributed by atoms with E-state index in [1.54, 1.807) is 0 Å². The molecule has 0 fully saturated rings. The van der Waals surface area contributed by atoms with E-state index in [-0.39, 0.29) is 0 Å². The van der Waals surface area contributed by atoms with Crippen LogP contribution >= 0.6 is 0 Å². The van der Waals surface area contributed by atoms with E-state index >= 15 is 0 Å². The molecule has 0 saturated carbocycles. The SMILES string of the molecule is Cc1c(N)nnc(-c2cnc3ccccc3c2)c1C. The number of hydrogen-bond donors (Lipinski definition) is 1. The number of para-hydroxylation sites is 1. The summed E-state index contributed by atoms with van der Waals surface area (Å²) in [6.07, 6.45) is 1.83. The van der Waals surface area contributed by atoms with Gasteiger partial charge in [0.05, 0.1) is 11.2 Å². The van der Waals surface area contributed by atoms with Crippen molar-refractivity contribution in [2.75, 3.05) is 5.73 Å². The first-order chi connectivity index (χ1) is 9.16. The van der Waals surface area contributed by atoms with Gasteiger partial charge in [0.15, 0.2) is 0 Å². The summed E-state index contributed by atoms with van der Waals surface area (Å²) in [5.41, 5.74) is 10.6. The third-order valence-corrected chi connectivity index (χ3v) is 3.42. The summed E-state index contributed by atoms with van der Waals surface area (Å²) in [5, 5.41) is 9.29. The minimum Gasteiger partial charge on any atom is -0.382 e. The van der Waals surface area contributed by atoms with Gasteiger partial charge >= 0.3 is 0 Å². The Morgan fingerprint density at radius 3 is 2.63 bits per heavy atom. The van der Waals surface area contributed by atoms with Gasteiger partial charge < -0.3 is 5.73 Å². The molecule has 0 bridgehead atoms. The third-order valence-electron chi connectivity index (χ3n) is 3.42. The van der Waals surface area contributed by atoms with Crippen LogP contribution in [0, 0.1) is 13.8 Å². The Bertz CT molecular complexity index is 765. The molecule has 0 aliphatic heterocycles. The molecule has 0 amide bonds. The topological polar surface area (TPSA) is 64.7 Å². The lowest BCUT2D eigenvalue weighted by molar-refractivity contribution is 1.01. The van der Waals surface area contributed by atoms with E-state index in [1.807, 2.05) is 44.3 Å². The van der Waals surface area contributed by atoms with Gasteiger partial charge in [0, 0.05) is 17.1 Å². The van der Waals surface area contributed by atoms with Gasteiger partial charge in [0.2, 0.25) is 0 Å². The van der Waals surface area contributed by atoms with Crippen molar-refractivity contribution in [2.45, 2.75) is 13.8 Å². The minimum atomic E-state index is 0.481. The zero-order valence-corrected chi connectivity index (χ0v) is 10.9. The average Bonchev–Trinajstić information content (AvgIpc) is 2.44. The van der Waals surface area contributed by atoms with Crippen LogP contribution in [0.3, 0.4) is 0 Å². The normalized spacial score (nSPS) is 10.8. The second-order valence-corrected chi connectivity index (χ2v) is 4.60. The van der Waals surface area contributed by atoms with Crippen LogP contribution in [0.25, 0.3) is 22.2 Å². The number of nitrogen functional groups attached to an aromatic ring is 1. The smallest absolute Gasteiger partial charge is 0.149 e. The van der Waals surface area contributed by atoms with Crippen molar-refractivity contribution in [3.8, 4) is 11.3 Å². The summed E-state index contributed by atoms with van der Waals surface area (Å²) >= 11 is 0. The standard InChI is InChI=1S/C15H14N4/c1-9-10(2)15(16)19-18-14(9)12-7-11-5-3-4-6-13(11)17-8-12/h3-8H,1-2H3,(H2,16,19). The molecule has 0 saturated heterocycles. The highest BCUT2D eigenvalue weighted by Gasteiger charge is 2.10. The van der Waals surface area contributed by atoms with Gasteiger partial charge in [-0.2, -0.15) is 0 Å². The van der Waals surface area contributed by atoms with Crippen LogP contribution in [-0.2, 0) is 0 Å². The summed E-state index contributed by atoms with van der Waals surface area (Å²) in [6, 6.07) is 10.1. The Morgan fingerprint density at radius 1 is 1.00 bits per heavy atom. The van der Waals surface area contributed by atoms with Crippen LogP contribution in [-0.4, -0.2) is 15.2 Å². The van der Waals surface area contributed by atoms with Crippen LogP contribution in [0.15, 0.2) is 36.5 Å². The van der Waals surface area contributed by atoms with Gasteiger partial charge in [-0.15, -0.1) is 10.2 Å². The highest BCUT2D eigenvalue weighted by molar-refractivity contribution is 5.83. The molecule has 4 heteroatoms. The predicted octanol–water partition coefficient (Wildman–Crippen LogP) is 2.89. The third kappa shape index (κ3) is 1.91. The van der Waals surface area contributed by atoms with E-state index in [2.05, 4.69) is 21.2 Å². The van der Waals surface area contributed by atoms with Crippen LogP contribution in [0.2, 0.25) is 0 Å². The Kier molecular flexibility index (Phi) is 2.63. The maximum Gasteiger partial charge on any atom is 0.149 e. The Balaban J connectivity index is 2.22. The average molecular weight is 250 g/mol. The molecule has 1 aromatic carbocycles. The van der Waals surface area contributed by atoms with Crippen LogP contribution in [0.4, 0.5) is 5.82 Å².